The highest BCUT2D eigenvalue weighted by molar-refractivity contribution is 5.64. The van der Waals surface area contributed by atoms with Gasteiger partial charge < -0.3 is 10.0 Å². The predicted octanol–water partition coefficient (Wildman–Crippen LogP) is 3.69. The van der Waals surface area contributed by atoms with Crippen LogP contribution in [0.1, 0.15) is 25.0 Å². The minimum absolute atomic E-state index is 0.0862. The lowest BCUT2D eigenvalue weighted by molar-refractivity contribution is 0.471. The van der Waals surface area contributed by atoms with Crippen LogP contribution in [0.25, 0.3) is 0 Å². The number of fused-ring (bicyclic) bond motifs is 1. The minimum atomic E-state index is 0.0862. The molecule has 0 amide bonds. The second kappa shape index (κ2) is 4.30. The van der Waals surface area contributed by atoms with E-state index in [4.69, 9.17) is 0 Å². The molecule has 2 aromatic carbocycles. The summed E-state index contributed by atoms with van der Waals surface area (Å²) >= 11 is 0. The van der Waals surface area contributed by atoms with Crippen molar-refractivity contribution in [1.82, 2.24) is 0 Å². The highest BCUT2D eigenvalue weighted by Gasteiger charge is 2.35. The summed E-state index contributed by atoms with van der Waals surface area (Å²) in [5, 5.41) is 9.69. The first-order valence-electron chi connectivity index (χ1n) is 6.69. The average molecular weight is 253 g/mol. The number of phenols is 1. The summed E-state index contributed by atoms with van der Waals surface area (Å²) in [5.41, 5.74) is 3.89. The molecule has 0 fully saturated rings. The van der Waals surface area contributed by atoms with Gasteiger partial charge in [0.05, 0.1) is 0 Å². The molecule has 0 aromatic heterocycles. The third-order valence-electron chi connectivity index (χ3n) is 3.85. The van der Waals surface area contributed by atoms with Crippen molar-refractivity contribution in [3.63, 3.8) is 0 Å². The molecule has 0 saturated heterocycles. The van der Waals surface area contributed by atoms with Crippen molar-refractivity contribution in [3.8, 4) is 5.75 Å². The maximum absolute atomic E-state index is 9.69. The molecule has 0 aliphatic carbocycles. The Labute approximate surface area is 114 Å². The maximum atomic E-state index is 9.69. The van der Waals surface area contributed by atoms with Crippen LogP contribution in [0.3, 0.4) is 0 Å². The standard InChI is InChI=1S/C17H19NO/c1-17(2)12-18(11-13-6-4-3-5-7-13)16-9-8-14(19)10-15(16)17/h3-10,19H,11-12H2,1-2H3. The van der Waals surface area contributed by atoms with E-state index < -0.39 is 0 Å². The number of nitrogens with zero attached hydrogens (tertiary/aromatic N) is 1. The Kier molecular flexibility index (Phi) is 2.74. The second-order valence-electron chi connectivity index (χ2n) is 5.93. The highest BCUT2D eigenvalue weighted by atomic mass is 16.3. The smallest absolute Gasteiger partial charge is 0.116 e. The van der Waals surface area contributed by atoms with Crippen LogP contribution in [0, 0.1) is 0 Å². The van der Waals surface area contributed by atoms with Crippen LogP contribution in [0.5, 0.6) is 5.75 Å². The summed E-state index contributed by atoms with van der Waals surface area (Å²) < 4.78 is 0. The third kappa shape index (κ3) is 2.19. The number of anilines is 1. The molecule has 2 heteroatoms. The van der Waals surface area contributed by atoms with Gasteiger partial charge in [-0.3, -0.25) is 0 Å². The SMILES string of the molecule is CC1(C)CN(Cc2ccccc2)c2ccc(O)cc21. The molecule has 2 nitrogen and oxygen atoms in total. The van der Waals surface area contributed by atoms with Gasteiger partial charge in [-0.05, 0) is 29.3 Å². The molecule has 0 bridgehead atoms. The fourth-order valence-corrected chi connectivity index (χ4v) is 2.93. The van der Waals surface area contributed by atoms with E-state index in [0.717, 1.165) is 13.1 Å². The van der Waals surface area contributed by atoms with E-state index in [-0.39, 0.29) is 5.41 Å². The molecule has 19 heavy (non-hydrogen) atoms. The molecular weight excluding hydrogens is 234 g/mol. The Morgan fingerprint density at radius 3 is 2.58 bits per heavy atom. The van der Waals surface area contributed by atoms with Gasteiger partial charge >= 0.3 is 0 Å². The van der Waals surface area contributed by atoms with Crippen molar-refractivity contribution in [2.45, 2.75) is 25.8 Å². The van der Waals surface area contributed by atoms with Gasteiger partial charge in [0.15, 0.2) is 0 Å². The zero-order chi connectivity index (χ0) is 13.5. The summed E-state index contributed by atoms with van der Waals surface area (Å²) in [6.07, 6.45) is 0. The van der Waals surface area contributed by atoms with Crippen LogP contribution in [0.15, 0.2) is 48.5 Å². The summed E-state index contributed by atoms with van der Waals surface area (Å²) in [6.45, 7) is 6.37. The van der Waals surface area contributed by atoms with E-state index in [1.54, 1.807) is 6.07 Å². The van der Waals surface area contributed by atoms with Gasteiger partial charge in [0.25, 0.3) is 0 Å². The fourth-order valence-electron chi connectivity index (χ4n) is 2.93. The van der Waals surface area contributed by atoms with Crippen LogP contribution >= 0.6 is 0 Å². The lowest BCUT2D eigenvalue weighted by atomic mass is 9.87. The van der Waals surface area contributed by atoms with E-state index >= 15 is 0 Å². The molecule has 0 unspecified atom stereocenters. The van der Waals surface area contributed by atoms with Gasteiger partial charge in [-0.1, -0.05) is 44.2 Å². The van der Waals surface area contributed by atoms with Gasteiger partial charge in [-0.2, -0.15) is 0 Å². The Hall–Kier alpha value is -1.96. The first kappa shape index (κ1) is 12.1. The molecule has 0 spiro atoms. The minimum Gasteiger partial charge on any atom is -0.508 e. The Balaban J connectivity index is 1.95. The third-order valence-corrected chi connectivity index (χ3v) is 3.85. The molecular formula is C17H19NO. The first-order chi connectivity index (χ1) is 9.06. The molecule has 3 rings (SSSR count). The van der Waals surface area contributed by atoms with Crippen LogP contribution < -0.4 is 4.90 Å². The van der Waals surface area contributed by atoms with Crippen molar-refractivity contribution in [1.29, 1.82) is 0 Å². The van der Waals surface area contributed by atoms with Gasteiger partial charge in [0.2, 0.25) is 0 Å². The van der Waals surface area contributed by atoms with Crippen LogP contribution in [-0.4, -0.2) is 11.7 Å². The van der Waals surface area contributed by atoms with Gasteiger partial charge in [0.1, 0.15) is 5.75 Å². The van der Waals surface area contributed by atoms with Crippen molar-refractivity contribution in [3.05, 3.63) is 59.7 Å². The molecule has 2 aromatic rings. The monoisotopic (exact) mass is 253 g/mol. The summed E-state index contributed by atoms with van der Waals surface area (Å²) in [6, 6.07) is 16.2. The summed E-state index contributed by atoms with van der Waals surface area (Å²) in [7, 11) is 0. The van der Waals surface area contributed by atoms with Crippen LogP contribution in [0.4, 0.5) is 5.69 Å². The van der Waals surface area contributed by atoms with Crippen LogP contribution in [0.2, 0.25) is 0 Å². The van der Waals surface area contributed by atoms with E-state index in [2.05, 4.69) is 43.0 Å². The zero-order valence-electron chi connectivity index (χ0n) is 11.4. The van der Waals surface area contributed by atoms with Crippen molar-refractivity contribution < 1.29 is 5.11 Å². The summed E-state index contributed by atoms with van der Waals surface area (Å²) in [5.74, 6) is 0.355. The number of hydrogen-bond donors (Lipinski definition) is 1. The fraction of sp³-hybridized carbons (Fsp3) is 0.294. The average Bonchev–Trinajstić information content (AvgIpc) is 2.62. The van der Waals surface area contributed by atoms with Crippen molar-refractivity contribution in [2.75, 3.05) is 11.4 Å². The Bertz CT molecular complexity index is 589. The molecule has 0 saturated carbocycles. The number of benzene rings is 2. The number of hydrogen-bond acceptors (Lipinski definition) is 2. The van der Waals surface area contributed by atoms with Gasteiger partial charge in [0, 0.05) is 24.2 Å². The Morgan fingerprint density at radius 1 is 1.11 bits per heavy atom. The highest BCUT2D eigenvalue weighted by Crippen LogP contribution is 2.42. The lowest BCUT2D eigenvalue weighted by Crippen LogP contribution is -2.28. The molecule has 1 aliphatic heterocycles. The van der Waals surface area contributed by atoms with E-state index in [0.29, 0.717) is 5.75 Å². The first-order valence-corrected chi connectivity index (χ1v) is 6.69. The summed E-state index contributed by atoms with van der Waals surface area (Å²) in [4.78, 5) is 2.39. The molecule has 1 aliphatic rings. The second-order valence-corrected chi connectivity index (χ2v) is 5.93. The maximum Gasteiger partial charge on any atom is 0.116 e. The number of aromatic hydroxyl groups is 1. The normalized spacial score (nSPS) is 16.4. The topological polar surface area (TPSA) is 23.5 Å². The number of phenolic OH excluding ortho intramolecular Hbond substituents is 1. The van der Waals surface area contributed by atoms with E-state index in [1.165, 1.54) is 16.8 Å². The van der Waals surface area contributed by atoms with Gasteiger partial charge in [-0.25, -0.2) is 0 Å². The molecule has 98 valence electrons. The van der Waals surface area contributed by atoms with Gasteiger partial charge in [-0.15, -0.1) is 0 Å². The predicted molar refractivity (Wildman–Crippen MR) is 78.6 cm³/mol. The van der Waals surface area contributed by atoms with Crippen molar-refractivity contribution >= 4 is 5.69 Å². The van der Waals surface area contributed by atoms with E-state index in [1.807, 2.05) is 18.2 Å². The largest absolute Gasteiger partial charge is 0.508 e. The zero-order valence-corrected chi connectivity index (χ0v) is 11.4. The Morgan fingerprint density at radius 2 is 1.84 bits per heavy atom. The molecule has 1 N–H and O–H groups in total. The molecule has 0 atom stereocenters. The van der Waals surface area contributed by atoms with E-state index in [9.17, 15) is 5.11 Å². The molecule has 0 radical (unpaired) electrons. The molecule has 1 heterocycles. The number of rotatable bonds is 2. The lowest BCUT2D eigenvalue weighted by Gasteiger charge is -2.22. The quantitative estimate of drug-likeness (QED) is 0.882. The van der Waals surface area contributed by atoms with Crippen LogP contribution in [-0.2, 0) is 12.0 Å². The van der Waals surface area contributed by atoms with Crippen molar-refractivity contribution in [2.24, 2.45) is 0 Å².